The van der Waals surface area contributed by atoms with Gasteiger partial charge in [-0.1, -0.05) is 0 Å². The molecule has 0 fully saturated rings. The van der Waals surface area contributed by atoms with Gasteiger partial charge in [-0.2, -0.15) is 0 Å². The van der Waals surface area contributed by atoms with E-state index in [4.69, 9.17) is 10.5 Å². The molecule has 2 N–H and O–H groups in total. The number of pyridine rings is 1. The number of ether oxygens (including phenoxy) is 1. The molecule has 0 aliphatic carbocycles. The Kier molecular flexibility index (Phi) is 2.59. The first-order chi connectivity index (χ1) is 9.15. The molecule has 0 unspecified atom stereocenters. The number of halogens is 1. The Balaban J connectivity index is 2.06. The van der Waals surface area contributed by atoms with Crippen LogP contribution in [0.2, 0.25) is 0 Å². The van der Waals surface area contributed by atoms with Gasteiger partial charge in [-0.25, -0.2) is 9.37 Å². The molecule has 0 amide bonds. The van der Waals surface area contributed by atoms with E-state index in [1.54, 1.807) is 18.3 Å². The van der Waals surface area contributed by atoms with Gasteiger partial charge in [0.25, 0.3) is 0 Å². The molecule has 2 heterocycles. The normalized spacial score (nSPS) is 10.8. The zero-order chi connectivity index (χ0) is 13.4. The quantitative estimate of drug-likeness (QED) is 0.718. The fourth-order valence-corrected chi connectivity index (χ4v) is 1.95. The summed E-state index contributed by atoms with van der Waals surface area (Å²) in [6.07, 6.45) is 3.51. The van der Waals surface area contributed by atoms with Gasteiger partial charge in [0.15, 0.2) is 11.6 Å². The average molecular weight is 257 g/mol. The Morgan fingerprint density at radius 1 is 1.21 bits per heavy atom. The largest absolute Gasteiger partial charge is 0.453 e. The summed E-state index contributed by atoms with van der Waals surface area (Å²) < 4.78 is 21.2. The van der Waals surface area contributed by atoms with E-state index in [2.05, 4.69) is 4.98 Å². The van der Waals surface area contributed by atoms with Crippen molar-refractivity contribution in [1.82, 2.24) is 9.55 Å². The average Bonchev–Trinajstić information content (AvgIpc) is 2.76. The predicted molar refractivity (Wildman–Crippen MR) is 71.6 cm³/mol. The second kappa shape index (κ2) is 4.28. The lowest BCUT2D eigenvalue weighted by Gasteiger charge is -2.08. The van der Waals surface area contributed by atoms with Crippen molar-refractivity contribution in [2.45, 2.75) is 0 Å². The second-order valence-electron chi connectivity index (χ2n) is 4.26. The number of hydrogen-bond acceptors (Lipinski definition) is 3. The molecule has 0 atom stereocenters. The SMILES string of the molecule is Cn1ccc2c(Oc3ccc(N)cc3F)ccnc21. The van der Waals surface area contributed by atoms with Crippen molar-refractivity contribution in [1.29, 1.82) is 0 Å². The topological polar surface area (TPSA) is 53.1 Å². The Labute approximate surface area is 109 Å². The van der Waals surface area contributed by atoms with E-state index in [0.717, 1.165) is 11.0 Å². The summed E-state index contributed by atoms with van der Waals surface area (Å²) in [5, 5.41) is 0.834. The summed E-state index contributed by atoms with van der Waals surface area (Å²) in [6.45, 7) is 0. The van der Waals surface area contributed by atoms with E-state index in [9.17, 15) is 4.39 Å². The van der Waals surface area contributed by atoms with Crippen LogP contribution in [0.1, 0.15) is 0 Å². The van der Waals surface area contributed by atoms with Crippen molar-refractivity contribution >= 4 is 16.7 Å². The van der Waals surface area contributed by atoms with Gasteiger partial charge in [-0.15, -0.1) is 0 Å². The molecule has 1 aromatic carbocycles. The third-order valence-corrected chi connectivity index (χ3v) is 2.90. The third-order valence-electron chi connectivity index (χ3n) is 2.90. The molecule has 96 valence electrons. The summed E-state index contributed by atoms with van der Waals surface area (Å²) in [5.41, 5.74) is 6.66. The summed E-state index contributed by atoms with van der Waals surface area (Å²) in [4.78, 5) is 4.25. The fourth-order valence-electron chi connectivity index (χ4n) is 1.95. The molecule has 0 aliphatic heterocycles. The van der Waals surface area contributed by atoms with Crippen molar-refractivity contribution < 1.29 is 9.13 Å². The Morgan fingerprint density at radius 3 is 2.84 bits per heavy atom. The molecule has 3 rings (SSSR count). The molecule has 0 spiro atoms. The summed E-state index contributed by atoms with van der Waals surface area (Å²) in [7, 11) is 1.89. The monoisotopic (exact) mass is 257 g/mol. The number of nitrogen functional groups attached to an aromatic ring is 1. The Bertz CT molecular complexity index is 752. The minimum Gasteiger partial charge on any atom is -0.453 e. The number of fused-ring (bicyclic) bond motifs is 1. The number of aryl methyl sites for hydroxylation is 1. The summed E-state index contributed by atoms with van der Waals surface area (Å²) >= 11 is 0. The van der Waals surface area contributed by atoms with Crippen LogP contribution >= 0.6 is 0 Å². The highest BCUT2D eigenvalue weighted by Crippen LogP contribution is 2.31. The molecule has 0 saturated carbocycles. The standard InChI is InChI=1S/C14H12FN3O/c1-18-7-5-10-12(4-6-17-14(10)18)19-13-3-2-9(16)8-11(13)15/h2-8H,16H2,1H3. The lowest BCUT2D eigenvalue weighted by atomic mass is 10.3. The number of hydrogen-bond donors (Lipinski definition) is 1. The number of benzene rings is 1. The van der Waals surface area contributed by atoms with Gasteiger partial charge in [-0.3, -0.25) is 0 Å². The third kappa shape index (κ3) is 1.99. The van der Waals surface area contributed by atoms with E-state index in [1.807, 2.05) is 23.9 Å². The second-order valence-corrected chi connectivity index (χ2v) is 4.26. The van der Waals surface area contributed by atoms with Crippen molar-refractivity contribution in [3.8, 4) is 11.5 Å². The van der Waals surface area contributed by atoms with Gasteiger partial charge < -0.3 is 15.0 Å². The van der Waals surface area contributed by atoms with Crippen LogP contribution in [-0.2, 0) is 7.05 Å². The van der Waals surface area contributed by atoms with Crippen molar-refractivity contribution in [2.75, 3.05) is 5.73 Å². The van der Waals surface area contributed by atoms with E-state index in [-0.39, 0.29) is 5.75 Å². The minimum absolute atomic E-state index is 0.144. The van der Waals surface area contributed by atoms with E-state index in [1.165, 1.54) is 12.1 Å². The van der Waals surface area contributed by atoms with Gasteiger partial charge in [0.05, 0.1) is 5.39 Å². The van der Waals surface area contributed by atoms with Crippen LogP contribution in [-0.4, -0.2) is 9.55 Å². The maximum atomic E-state index is 13.7. The van der Waals surface area contributed by atoms with Crippen molar-refractivity contribution in [3.05, 3.63) is 48.5 Å². The molecular formula is C14H12FN3O. The lowest BCUT2D eigenvalue weighted by molar-refractivity contribution is 0.446. The number of rotatable bonds is 2. The van der Waals surface area contributed by atoms with Crippen LogP contribution in [0.5, 0.6) is 11.5 Å². The molecule has 0 radical (unpaired) electrons. The molecule has 19 heavy (non-hydrogen) atoms. The van der Waals surface area contributed by atoms with E-state index >= 15 is 0 Å². The molecule has 3 aromatic rings. The molecule has 0 aliphatic rings. The van der Waals surface area contributed by atoms with Gasteiger partial charge in [0.1, 0.15) is 11.4 Å². The Morgan fingerprint density at radius 2 is 2.05 bits per heavy atom. The first kappa shape index (κ1) is 11.5. The fraction of sp³-hybridized carbons (Fsp3) is 0.0714. The Hall–Kier alpha value is -2.56. The number of aromatic nitrogens is 2. The molecular weight excluding hydrogens is 245 g/mol. The maximum Gasteiger partial charge on any atom is 0.167 e. The molecule has 5 heteroatoms. The van der Waals surface area contributed by atoms with Gasteiger partial charge in [-0.05, 0) is 24.3 Å². The van der Waals surface area contributed by atoms with Gasteiger partial charge >= 0.3 is 0 Å². The first-order valence-electron chi connectivity index (χ1n) is 5.78. The highest BCUT2D eigenvalue weighted by atomic mass is 19.1. The zero-order valence-corrected chi connectivity index (χ0v) is 10.3. The maximum absolute atomic E-state index is 13.7. The summed E-state index contributed by atoms with van der Waals surface area (Å²) in [6, 6.07) is 7.94. The van der Waals surface area contributed by atoms with Gasteiger partial charge in [0.2, 0.25) is 0 Å². The number of nitrogens with two attached hydrogens (primary N) is 1. The van der Waals surface area contributed by atoms with Crippen molar-refractivity contribution in [2.24, 2.45) is 7.05 Å². The van der Waals surface area contributed by atoms with Gasteiger partial charge in [0, 0.05) is 31.2 Å². The number of nitrogens with zero attached hydrogens (tertiary/aromatic N) is 2. The molecule has 4 nitrogen and oxygen atoms in total. The first-order valence-corrected chi connectivity index (χ1v) is 5.78. The zero-order valence-electron chi connectivity index (χ0n) is 10.3. The smallest absolute Gasteiger partial charge is 0.167 e. The van der Waals surface area contributed by atoms with Crippen LogP contribution in [0.25, 0.3) is 11.0 Å². The lowest BCUT2D eigenvalue weighted by Crippen LogP contribution is -1.93. The summed E-state index contributed by atoms with van der Waals surface area (Å²) in [5.74, 6) is 0.223. The molecule has 0 saturated heterocycles. The van der Waals surface area contributed by atoms with Crippen LogP contribution in [0.4, 0.5) is 10.1 Å². The minimum atomic E-state index is -0.485. The van der Waals surface area contributed by atoms with Crippen LogP contribution in [0, 0.1) is 5.82 Å². The molecule has 2 aromatic heterocycles. The van der Waals surface area contributed by atoms with Crippen LogP contribution in [0.3, 0.4) is 0 Å². The highest BCUT2D eigenvalue weighted by Gasteiger charge is 2.10. The van der Waals surface area contributed by atoms with Crippen molar-refractivity contribution in [3.63, 3.8) is 0 Å². The number of anilines is 1. The van der Waals surface area contributed by atoms with Crippen LogP contribution < -0.4 is 10.5 Å². The van der Waals surface area contributed by atoms with E-state index in [0.29, 0.717) is 11.4 Å². The van der Waals surface area contributed by atoms with Crippen LogP contribution in [0.15, 0.2) is 42.7 Å². The molecule has 0 bridgehead atoms. The van der Waals surface area contributed by atoms with E-state index < -0.39 is 5.82 Å². The predicted octanol–water partition coefficient (Wildman–Crippen LogP) is 3.09. The highest BCUT2D eigenvalue weighted by molar-refractivity contribution is 5.83.